The molecule has 1 aliphatic carbocycles. The van der Waals surface area contributed by atoms with Crippen LogP contribution < -0.4 is 5.32 Å². The van der Waals surface area contributed by atoms with Crippen LogP contribution in [0.15, 0.2) is 24.3 Å². The van der Waals surface area contributed by atoms with E-state index in [0.717, 1.165) is 9.26 Å². The van der Waals surface area contributed by atoms with E-state index < -0.39 is 0 Å². The molecule has 0 aromatic heterocycles. The van der Waals surface area contributed by atoms with E-state index in [9.17, 15) is 4.79 Å². The molecule has 0 heterocycles. The summed E-state index contributed by atoms with van der Waals surface area (Å²) in [6.07, 6.45) is 6.40. The standard InChI is InChI=1S/C15H21IN2O/c1-18(14-8-3-2-4-9-14)11-15(19)17-13-7-5-6-12(16)10-13/h5-7,10,14H,2-4,8-9,11H2,1H3,(H,17,19). The minimum atomic E-state index is 0.0788. The summed E-state index contributed by atoms with van der Waals surface area (Å²) >= 11 is 2.25. The third-order valence-electron chi connectivity index (χ3n) is 3.70. The molecule has 0 spiro atoms. The zero-order valence-electron chi connectivity index (χ0n) is 11.4. The molecule has 1 aromatic carbocycles. The molecular weight excluding hydrogens is 351 g/mol. The van der Waals surface area contributed by atoms with Crippen molar-refractivity contribution in [3.63, 3.8) is 0 Å². The highest BCUT2D eigenvalue weighted by atomic mass is 127. The first-order chi connectivity index (χ1) is 9.15. The van der Waals surface area contributed by atoms with E-state index in [2.05, 4.69) is 39.9 Å². The van der Waals surface area contributed by atoms with Crippen LogP contribution in [0.3, 0.4) is 0 Å². The molecule has 0 atom stereocenters. The predicted molar refractivity (Wildman–Crippen MR) is 87.3 cm³/mol. The van der Waals surface area contributed by atoms with Gasteiger partial charge in [0.25, 0.3) is 0 Å². The van der Waals surface area contributed by atoms with Crippen molar-refractivity contribution >= 4 is 34.2 Å². The Morgan fingerprint density at radius 3 is 2.79 bits per heavy atom. The Kier molecular flexibility index (Phi) is 5.63. The van der Waals surface area contributed by atoms with Gasteiger partial charge in [-0.2, -0.15) is 0 Å². The fraction of sp³-hybridized carbons (Fsp3) is 0.533. The van der Waals surface area contributed by atoms with Crippen molar-refractivity contribution in [2.24, 2.45) is 0 Å². The molecule has 0 unspecified atom stereocenters. The molecule has 3 nitrogen and oxygen atoms in total. The summed E-state index contributed by atoms with van der Waals surface area (Å²) in [5.74, 6) is 0.0788. The van der Waals surface area contributed by atoms with Gasteiger partial charge in [0.2, 0.25) is 5.91 Å². The summed E-state index contributed by atoms with van der Waals surface area (Å²) in [7, 11) is 2.06. The zero-order chi connectivity index (χ0) is 13.7. The third-order valence-corrected chi connectivity index (χ3v) is 4.37. The molecule has 1 aliphatic rings. The van der Waals surface area contributed by atoms with E-state index in [1.807, 2.05) is 24.3 Å². The highest BCUT2D eigenvalue weighted by Crippen LogP contribution is 2.21. The van der Waals surface area contributed by atoms with E-state index >= 15 is 0 Å². The second kappa shape index (κ2) is 7.24. The number of benzene rings is 1. The van der Waals surface area contributed by atoms with Crippen LogP contribution >= 0.6 is 22.6 Å². The Hall–Kier alpha value is -0.620. The monoisotopic (exact) mass is 372 g/mol. The van der Waals surface area contributed by atoms with Gasteiger partial charge in [0.05, 0.1) is 6.54 Å². The minimum Gasteiger partial charge on any atom is -0.325 e. The highest BCUT2D eigenvalue weighted by Gasteiger charge is 2.19. The molecule has 1 N–H and O–H groups in total. The zero-order valence-corrected chi connectivity index (χ0v) is 13.5. The molecule has 0 bridgehead atoms. The molecular formula is C15H21IN2O. The van der Waals surface area contributed by atoms with Gasteiger partial charge < -0.3 is 5.32 Å². The average Bonchev–Trinajstić information content (AvgIpc) is 2.39. The van der Waals surface area contributed by atoms with E-state index in [0.29, 0.717) is 12.6 Å². The van der Waals surface area contributed by atoms with Crippen molar-refractivity contribution in [2.75, 3.05) is 18.9 Å². The number of amides is 1. The molecule has 104 valence electrons. The Morgan fingerprint density at radius 2 is 2.11 bits per heavy atom. The third kappa shape index (κ3) is 4.76. The quantitative estimate of drug-likeness (QED) is 0.821. The van der Waals surface area contributed by atoms with Crippen LogP contribution in [0.1, 0.15) is 32.1 Å². The summed E-state index contributed by atoms with van der Waals surface area (Å²) < 4.78 is 1.14. The maximum absolute atomic E-state index is 12.0. The summed E-state index contributed by atoms with van der Waals surface area (Å²) in [5.41, 5.74) is 0.883. The lowest BCUT2D eigenvalue weighted by atomic mass is 9.94. The molecule has 19 heavy (non-hydrogen) atoms. The van der Waals surface area contributed by atoms with Gasteiger partial charge in [0.1, 0.15) is 0 Å². The second-order valence-electron chi connectivity index (χ2n) is 5.27. The first kappa shape index (κ1) is 14.8. The predicted octanol–water partition coefficient (Wildman–Crippen LogP) is 3.49. The van der Waals surface area contributed by atoms with Crippen molar-refractivity contribution in [3.8, 4) is 0 Å². The van der Waals surface area contributed by atoms with E-state index in [1.54, 1.807) is 0 Å². The first-order valence-electron chi connectivity index (χ1n) is 6.91. The minimum absolute atomic E-state index is 0.0788. The van der Waals surface area contributed by atoms with E-state index in [4.69, 9.17) is 0 Å². The second-order valence-corrected chi connectivity index (χ2v) is 6.51. The van der Waals surface area contributed by atoms with Crippen molar-refractivity contribution in [1.82, 2.24) is 4.90 Å². The normalized spacial score (nSPS) is 16.6. The number of anilines is 1. The average molecular weight is 372 g/mol. The van der Waals surface area contributed by atoms with Gasteiger partial charge in [-0.3, -0.25) is 9.69 Å². The van der Waals surface area contributed by atoms with Crippen molar-refractivity contribution < 1.29 is 4.79 Å². The summed E-state index contributed by atoms with van der Waals surface area (Å²) in [6, 6.07) is 8.47. The highest BCUT2D eigenvalue weighted by molar-refractivity contribution is 14.1. The molecule has 1 fully saturated rings. The summed E-state index contributed by atoms with van der Waals surface area (Å²) in [4.78, 5) is 14.2. The lowest BCUT2D eigenvalue weighted by Crippen LogP contribution is -2.39. The smallest absolute Gasteiger partial charge is 0.238 e. The van der Waals surface area contributed by atoms with Gasteiger partial charge in [-0.1, -0.05) is 25.3 Å². The van der Waals surface area contributed by atoms with E-state index in [-0.39, 0.29) is 5.91 Å². The fourth-order valence-electron chi connectivity index (χ4n) is 2.64. The Bertz CT molecular complexity index is 430. The molecule has 1 aromatic rings. The van der Waals surface area contributed by atoms with Gasteiger partial charge in [-0.25, -0.2) is 0 Å². The number of carbonyl (C=O) groups excluding carboxylic acids is 1. The topological polar surface area (TPSA) is 32.3 Å². The lowest BCUT2D eigenvalue weighted by Gasteiger charge is -2.30. The largest absolute Gasteiger partial charge is 0.325 e. The molecule has 2 rings (SSSR count). The molecule has 4 heteroatoms. The Labute approximate surface area is 128 Å². The lowest BCUT2D eigenvalue weighted by molar-refractivity contribution is -0.117. The number of likely N-dealkylation sites (N-methyl/N-ethyl adjacent to an activating group) is 1. The van der Waals surface area contributed by atoms with Crippen LogP contribution in [0.25, 0.3) is 0 Å². The maximum atomic E-state index is 12.0. The van der Waals surface area contributed by atoms with Crippen LogP contribution in [0.5, 0.6) is 0 Å². The molecule has 1 amide bonds. The summed E-state index contributed by atoms with van der Waals surface area (Å²) in [6.45, 7) is 0.482. The number of nitrogens with zero attached hydrogens (tertiary/aromatic N) is 1. The number of halogens is 1. The maximum Gasteiger partial charge on any atom is 0.238 e. The van der Waals surface area contributed by atoms with E-state index in [1.165, 1.54) is 32.1 Å². The first-order valence-corrected chi connectivity index (χ1v) is 7.98. The van der Waals surface area contributed by atoms with Gasteiger partial charge >= 0.3 is 0 Å². The number of hydrogen-bond donors (Lipinski definition) is 1. The number of carbonyl (C=O) groups is 1. The molecule has 0 saturated heterocycles. The van der Waals surface area contributed by atoms with Crippen LogP contribution in [0, 0.1) is 3.57 Å². The van der Waals surface area contributed by atoms with Gasteiger partial charge in [-0.15, -0.1) is 0 Å². The fourth-order valence-corrected chi connectivity index (χ4v) is 3.19. The molecule has 1 saturated carbocycles. The van der Waals surface area contributed by atoms with Crippen LogP contribution in [-0.2, 0) is 4.79 Å². The van der Waals surface area contributed by atoms with Crippen LogP contribution in [0.2, 0.25) is 0 Å². The SMILES string of the molecule is CN(CC(=O)Nc1cccc(I)c1)C1CCCCC1. The summed E-state index contributed by atoms with van der Waals surface area (Å²) in [5, 5.41) is 2.97. The van der Waals surface area contributed by atoms with Gasteiger partial charge in [0, 0.05) is 15.3 Å². The number of nitrogens with one attached hydrogen (secondary N) is 1. The van der Waals surface area contributed by atoms with Crippen molar-refractivity contribution in [1.29, 1.82) is 0 Å². The van der Waals surface area contributed by atoms with Gasteiger partial charge in [-0.05, 0) is 60.7 Å². The number of hydrogen-bond acceptors (Lipinski definition) is 2. The van der Waals surface area contributed by atoms with Crippen LogP contribution in [-0.4, -0.2) is 30.4 Å². The van der Waals surface area contributed by atoms with Gasteiger partial charge in [0.15, 0.2) is 0 Å². The number of rotatable bonds is 4. The Morgan fingerprint density at radius 1 is 1.37 bits per heavy atom. The van der Waals surface area contributed by atoms with Crippen LogP contribution in [0.4, 0.5) is 5.69 Å². The molecule has 0 radical (unpaired) electrons. The van der Waals surface area contributed by atoms with Crippen molar-refractivity contribution in [3.05, 3.63) is 27.8 Å². The Balaban J connectivity index is 1.83. The molecule has 0 aliphatic heterocycles. The van der Waals surface area contributed by atoms with Crippen molar-refractivity contribution in [2.45, 2.75) is 38.1 Å².